The molecule has 0 spiro atoms. The summed E-state index contributed by atoms with van der Waals surface area (Å²) in [6, 6.07) is 21.0. The molecule has 3 amide bonds. The van der Waals surface area contributed by atoms with Crippen LogP contribution >= 0.6 is 0 Å². The number of pyridine rings is 1. The number of aromatic nitrogens is 1. The highest BCUT2D eigenvalue weighted by Crippen LogP contribution is 2.50. The van der Waals surface area contributed by atoms with E-state index in [1.54, 1.807) is 11.2 Å². The number of ether oxygens (including phenoxy) is 2. The number of hydrogen-bond donors (Lipinski definition) is 6. The minimum Gasteiger partial charge on any atom is -0.446 e. The Morgan fingerprint density at radius 2 is 1.57 bits per heavy atom. The Balaban J connectivity index is 1.38. The van der Waals surface area contributed by atoms with Crippen molar-refractivity contribution in [3.05, 3.63) is 90.1 Å². The highest BCUT2D eigenvalue weighted by molar-refractivity contribution is 5.86. The fraction of sp³-hybridized carbons (Fsp3) is 0.556. The van der Waals surface area contributed by atoms with Gasteiger partial charge in [0.05, 0.1) is 17.8 Å². The van der Waals surface area contributed by atoms with Gasteiger partial charge in [-0.3, -0.25) is 15.2 Å². The van der Waals surface area contributed by atoms with Crippen LogP contribution in [0.4, 0.5) is 9.59 Å². The highest BCUT2D eigenvalue weighted by atomic mass is 16.6. The van der Waals surface area contributed by atoms with E-state index in [1.165, 1.54) is 0 Å². The van der Waals surface area contributed by atoms with Crippen LogP contribution in [0.15, 0.2) is 79.0 Å². The topological polar surface area (TPSA) is 183 Å². The molecule has 0 saturated heterocycles. The molecule has 6 N–H and O–H groups in total. The van der Waals surface area contributed by atoms with Crippen molar-refractivity contribution < 1.29 is 39.2 Å². The summed E-state index contributed by atoms with van der Waals surface area (Å²) in [5.41, 5.74) is 5.66. The molecule has 2 saturated carbocycles. The lowest BCUT2D eigenvalue weighted by Gasteiger charge is -2.35. The van der Waals surface area contributed by atoms with E-state index in [4.69, 9.17) is 9.47 Å². The van der Waals surface area contributed by atoms with E-state index >= 15 is 0 Å². The average molecular weight is 802 g/mol. The number of nitrogens with one attached hydrogen (secondary N) is 3. The number of hydrazine groups is 1. The van der Waals surface area contributed by atoms with E-state index in [0.29, 0.717) is 25.2 Å². The molecular weight excluding hydrogens is 739 g/mol. The van der Waals surface area contributed by atoms with Crippen molar-refractivity contribution in [2.45, 2.75) is 110 Å². The van der Waals surface area contributed by atoms with Gasteiger partial charge in [-0.15, -0.1) is 0 Å². The summed E-state index contributed by atoms with van der Waals surface area (Å²) >= 11 is 0. The minimum absolute atomic E-state index is 0.119. The maximum atomic E-state index is 14.2. The molecular formula is C45H63N5O8. The summed E-state index contributed by atoms with van der Waals surface area (Å²) in [6.45, 7) is 9.13. The molecule has 7 atom stereocenters. The van der Waals surface area contributed by atoms with Gasteiger partial charge < -0.3 is 35.4 Å². The van der Waals surface area contributed by atoms with Gasteiger partial charge in [0.15, 0.2) is 0 Å². The molecule has 5 rings (SSSR count). The summed E-state index contributed by atoms with van der Waals surface area (Å²) in [6.07, 6.45) is 2.43. The van der Waals surface area contributed by atoms with Gasteiger partial charge >= 0.3 is 12.2 Å². The normalized spacial score (nSPS) is 20.9. The Labute approximate surface area is 342 Å². The Bertz CT molecular complexity index is 1730. The largest absolute Gasteiger partial charge is 0.446 e. The lowest BCUT2D eigenvalue weighted by Crippen LogP contribution is -2.59. The van der Waals surface area contributed by atoms with Crippen molar-refractivity contribution >= 4 is 18.1 Å². The molecule has 316 valence electrons. The first-order valence-electron chi connectivity index (χ1n) is 20.8. The van der Waals surface area contributed by atoms with Gasteiger partial charge in [-0.25, -0.2) is 14.6 Å². The Kier molecular flexibility index (Phi) is 16.1. The van der Waals surface area contributed by atoms with Gasteiger partial charge in [-0.1, -0.05) is 95.3 Å². The first-order valence-corrected chi connectivity index (χ1v) is 20.8. The number of rotatable bonds is 19. The van der Waals surface area contributed by atoms with Gasteiger partial charge in [-0.05, 0) is 79.0 Å². The first kappa shape index (κ1) is 44.5. The molecule has 0 aliphatic heterocycles. The maximum absolute atomic E-state index is 14.2. The lowest BCUT2D eigenvalue weighted by atomic mass is 9.86. The van der Waals surface area contributed by atoms with Gasteiger partial charge in [-0.2, -0.15) is 0 Å². The molecule has 13 nitrogen and oxygen atoms in total. The standard InChI is InChI=1S/C45H63N5O8/c1-6-34(7-2)57-44(56)48-41(45(3,4)5)42(54)49-50(25-30-16-18-32(19-17-30)37-15-11-12-22-46-37)26-39(53)38(23-29-13-9-8-10-14-29)47-43(55)58-40-33(27-51)24-35(31-20-21-31)36(40)28-52/h8-19,22,31,33-36,38-41,51-53H,6-7,20-21,23-28H2,1-5H3,(H,47,55)(H,48,56)(H,49,54)/t33?,35?,36?,38-,39-,40?,41+/m0/s1. The predicted octanol–water partition coefficient (Wildman–Crippen LogP) is 5.63. The number of carbonyl (C=O) groups is 3. The van der Waals surface area contributed by atoms with Gasteiger partial charge in [0.1, 0.15) is 18.2 Å². The smallest absolute Gasteiger partial charge is 0.408 e. The third-order valence-corrected chi connectivity index (χ3v) is 11.5. The van der Waals surface area contributed by atoms with Crippen molar-refractivity contribution in [2.75, 3.05) is 19.8 Å². The minimum atomic E-state index is -1.23. The van der Waals surface area contributed by atoms with Crippen LogP contribution in [0.25, 0.3) is 11.3 Å². The van der Waals surface area contributed by atoms with E-state index in [-0.39, 0.29) is 56.6 Å². The monoisotopic (exact) mass is 801 g/mol. The number of aliphatic hydroxyl groups is 3. The molecule has 13 heteroatoms. The summed E-state index contributed by atoms with van der Waals surface area (Å²) in [5, 5.41) is 39.8. The van der Waals surface area contributed by atoms with E-state index < -0.39 is 47.8 Å². The van der Waals surface area contributed by atoms with Crippen molar-refractivity contribution in [2.24, 2.45) is 29.1 Å². The van der Waals surface area contributed by atoms with Crippen molar-refractivity contribution in [3.63, 3.8) is 0 Å². The number of carbonyl (C=O) groups excluding carboxylic acids is 3. The molecule has 0 radical (unpaired) electrons. The van der Waals surface area contributed by atoms with Crippen LogP contribution in [-0.2, 0) is 27.2 Å². The fourth-order valence-corrected chi connectivity index (χ4v) is 8.07. The molecule has 2 fully saturated rings. The Morgan fingerprint density at radius 3 is 2.16 bits per heavy atom. The van der Waals surface area contributed by atoms with E-state index in [2.05, 4.69) is 21.0 Å². The van der Waals surface area contributed by atoms with Crippen molar-refractivity contribution in [1.82, 2.24) is 26.1 Å². The molecule has 0 bridgehead atoms. The quantitative estimate of drug-likeness (QED) is 0.0833. The lowest BCUT2D eigenvalue weighted by molar-refractivity contribution is -0.131. The highest BCUT2D eigenvalue weighted by Gasteiger charge is 2.50. The first-order chi connectivity index (χ1) is 27.8. The van der Waals surface area contributed by atoms with Gasteiger partial charge in [0.25, 0.3) is 5.91 Å². The Morgan fingerprint density at radius 1 is 0.879 bits per heavy atom. The fourth-order valence-electron chi connectivity index (χ4n) is 8.07. The number of aliphatic hydroxyl groups excluding tert-OH is 3. The van der Waals surface area contributed by atoms with Crippen LogP contribution in [-0.4, -0.2) is 93.6 Å². The summed E-state index contributed by atoms with van der Waals surface area (Å²) in [5.74, 6) is -0.439. The average Bonchev–Trinajstić information content (AvgIpc) is 4.00. The molecule has 2 aliphatic carbocycles. The van der Waals surface area contributed by atoms with E-state index in [0.717, 1.165) is 35.2 Å². The van der Waals surface area contributed by atoms with Crippen LogP contribution in [0.2, 0.25) is 0 Å². The molecule has 2 aliphatic rings. The van der Waals surface area contributed by atoms with E-state index in [1.807, 2.05) is 107 Å². The van der Waals surface area contributed by atoms with Crippen LogP contribution in [0, 0.1) is 29.1 Å². The van der Waals surface area contributed by atoms with E-state index in [9.17, 15) is 29.7 Å². The second kappa shape index (κ2) is 20.9. The van der Waals surface area contributed by atoms with Crippen LogP contribution in [0.3, 0.4) is 0 Å². The number of hydrogen-bond acceptors (Lipinski definition) is 10. The second-order valence-electron chi connectivity index (χ2n) is 17.0. The zero-order valence-electron chi connectivity index (χ0n) is 34.6. The molecule has 58 heavy (non-hydrogen) atoms. The second-order valence-corrected chi connectivity index (χ2v) is 17.0. The predicted molar refractivity (Wildman–Crippen MR) is 221 cm³/mol. The number of alkyl carbamates (subject to hydrolysis) is 2. The number of nitrogens with zero attached hydrogens (tertiary/aromatic N) is 2. The third kappa shape index (κ3) is 12.5. The Hall–Kier alpha value is -4.56. The number of amides is 3. The van der Waals surface area contributed by atoms with Gasteiger partial charge in [0.2, 0.25) is 0 Å². The maximum Gasteiger partial charge on any atom is 0.408 e. The third-order valence-electron chi connectivity index (χ3n) is 11.5. The van der Waals surface area contributed by atoms with Crippen molar-refractivity contribution in [1.29, 1.82) is 0 Å². The van der Waals surface area contributed by atoms with Crippen LogP contribution < -0.4 is 16.1 Å². The molecule has 1 aromatic heterocycles. The molecule has 4 unspecified atom stereocenters. The summed E-state index contributed by atoms with van der Waals surface area (Å²) in [7, 11) is 0. The van der Waals surface area contributed by atoms with Crippen LogP contribution in [0.5, 0.6) is 0 Å². The summed E-state index contributed by atoms with van der Waals surface area (Å²) in [4.78, 5) is 45.3. The van der Waals surface area contributed by atoms with Crippen LogP contribution in [0.1, 0.15) is 77.8 Å². The number of benzene rings is 2. The zero-order valence-corrected chi connectivity index (χ0v) is 34.6. The zero-order chi connectivity index (χ0) is 41.8. The molecule has 2 aromatic carbocycles. The summed E-state index contributed by atoms with van der Waals surface area (Å²) < 4.78 is 11.6. The van der Waals surface area contributed by atoms with Gasteiger partial charge in [0, 0.05) is 49.9 Å². The molecule has 1 heterocycles. The SMILES string of the molecule is CCC(CC)OC(=O)N[C@H](C(=O)NN(Cc1ccc(-c2ccccn2)cc1)C[C@H](O)[C@H](Cc1ccccc1)NC(=O)OC1C(CO)CC(C2CC2)C1CO)C(C)(C)C. The van der Waals surface area contributed by atoms with Crippen molar-refractivity contribution in [3.8, 4) is 11.3 Å². The molecule has 3 aromatic rings.